The number of fused-ring (bicyclic) bond motifs is 18. The maximum atomic E-state index is 4.75. The number of rotatable bonds is 0. The molecule has 0 aromatic carbocycles. The number of nitrogens with zero attached hydrogens (tertiary/aromatic N) is 8. The Morgan fingerprint density at radius 2 is 0.511 bits per heavy atom. The molecule has 0 saturated carbocycles. The minimum atomic E-state index is 0.832. The van der Waals surface area contributed by atoms with Gasteiger partial charge in [0.1, 0.15) is 0 Å². The third kappa shape index (κ3) is 14.0. The van der Waals surface area contributed by atoms with E-state index in [0.29, 0.717) is 0 Å². The predicted molar refractivity (Wildman–Crippen MR) is 208 cm³/mol. The van der Waals surface area contributed by atoms with E-state index in [1.54, 1.807) is 34.0 Å². The monoisotopic (exact) mass is 688 g/mol. The van der Waals surface area contributed by atoms with E-state index in [0.717, 1.165) is 117 Å². The van der Waals surface area contributed by atoms with Crippen molar-refractivity contribution in [2.45, 2.75) is 38.5 Å². The second kappa shape index (κ2) is 21.1. The van der Waals surface area contributed by atoms with Crippen LogP contribution in [0.4, 0.5) is 0 Å². The van der Waals surface area contributed by atoms with Crippen LogP contribution in [0.2, 0.25) is 0 Å². The first-order valence-corrected chi connectivity index (χ1v) is 19.5. The molecule has 0 aliphatic carbocycles. The molecule has 0 N–H and O–H groups in total. The predicted octanol–water partition coefficient (Wildman–Crippen LogP) is 6.76. The zero-order valence-electron chi connectivity index (χ0n) is 27.5. The molecule has 8 nitrogen and oxygen atoms in total. The summed E-state index contributed by atoms with van der Waals surface area (Å²) in [5.41, 5.74) is 0. The largest absolute Gasteiger partial charge is 0.303 e. The van der Waals surface area contributed by atoms with Crippen LogP contribution < -0.4 is 0 Å². The highest BCUT2D eigenvalue weighted by molar-refractivity contribution is 7.16. The smallest absolute Gasteiger partial charge is 0.0455 e. The van der Waals surface area contributed by atoms with Crippen molar-refractivity contribution in [2.24, 2.45) is 30.0 Å². The Labute approximate surface area is 292 Å². The van der Waals surface area contributed by atoms with Gasteiger partial charge in [-0.2, -0.15) is 0 Å². The molecule has 47 heavy (non-hydrogen) atoms. The van der Waals surface area contributed by atoms with Crippen molar-refractivity contribution in [1.29, 1.82) is 0 Å². The van der Waals surface area contributed by atoms with Crippen LogP contribution in [-0.2, 0) is 0 Å². The van der Waals surface area contributed by atoms with Gasteiger partial charge in [0, 0.05) is 106 Å². The average molecular weight is 689 g/mol. The lowest BCUT2D eigenvalue weighted by molar-refractivity contribution is 0.269. The minimum absolute atomic E-state index is 0.832. The van der Waals surface area contributed by atoms with Crippen molar-refractivity contribution in [3.63, 3.8) is 0 Å². The highest BCUT2D eigenvalue weighted by Gasteiger charge is 2.06. The van der Waals surface area contributed by atoms with Crippen LogP contribution in [-0.4, -0.2) is 126 Å². The van der Waals surface area contributed by atoms with Crippen LogP contribution in [0.25, 0.3) is 0 Å². The Morgan fingerprint density at radius 1 is 0.319 bits per heavy atom. The quantitative estimate of drug-likeness (QED) is 0.262. The average Bonchev–Trinajstić information content (AvgIpc) is 3.84. The van der Waals surface area contributed by atoms with Gasteiger partial charge in [0.2, 0.25) is 0 Å². The number of thiophene rings is 3. The molecule has 3 aromatic rings. The zero-order chi connectivity index (χ0) is 32.2. The second-order valence-corrected chi connectivity index (χ2v) is 15.2. The van der Waals surface area contributed by atoms with Crippen LogP contribution in [0.5, 0.6) is 0 Å². The maximum absolute atomic E-state index is 4.75. The molecule has 0 amide bonds. The van der Waals surface area contributed by atoms with Gasteiger partial charge >= 0.3 is 0 Å². The third-order valence-electron chi connectivity index (χ3n) is 7.82. The fourth-order valence-corrected chi connectivity index (χ4v) is 7.83. The molecule has 0 saturated heterocycles. The molecule has 250 valence electrons. The third-order valence-corrected chi connectivity index (χ3v) is 10.7. The number of hydrogen-bond acceptors (Lipinski definition) is 11. The Morgan fingerprint density at radius 3 is 0.702 bits per heavy atom. The lowest BCUT2D eigenvalue weighted by Crippen LogP contribution is -2.28. The van der Waals surface area contributed by atoms with Gasteiger partial charge < -0.3 is 9.80 Å². The SMILES string of the molecule is C1=NCCCN2CCCN=Cc3ccc(s3)C=NCCCN(CCCN=Cc3ccc1s3)CCCN=Cc1ccc(s1)C=NCCC2. The minimum Gasteiger partial charge on any atom is -0.303 e. The molecule has 0 radical (unpaired) electrons. The van der Waals surface area contributed by atoms with Gasteiger partial charge in [-0.25, -0.2) is 0 Å². The fraction of sp³-hybridized carbons (Fsp3) is 0.500. The Kier molecular flexibility index (Phi) is 15.9. The molecular weight excluding hydrogens is 641 g/mol. The van der Waals surface area contributed by atoms with Crippen molar-refractivity contribution >= 4 is 71.3 Å². The summed E-state index contributed by atoms with van der Waals surface area (Å²) in [6.45, 7) is 11.2. The molecule has 3 aliphatic rings. The van der Waals surface area contributed by atoms with E-state index in [-0.39, 0.29) is 0 Å². The summed E-state index contributed by atoms with van der Waals surface area (Å²) in [5, 5.41) is 0. The van der Waals surface area contributed by atoms with E-state index in [4.69, 9.17) is 30.0 Å². The van der Waals surface area contributed by atoms with Gasteiger partial charge in [0.25, 0.3) is 0 Å². The number of aliphatic imine (C=N–C) groups is 6. The van der Waals surface area contributed by atoms with Gasteiger partial charge in [-0.15, -0.1) is 34.0 Å². The molecule has 0 atom stereocenters. The van der Waals surface area contributed by atoms with Crippen LogP contribution in [0.1, 0.15) is 67.8 Å². The van der Waals surface area contributed by atoms with Gasteiger partial charge in [-0.1, -0.05) is 0 Å². The van der Waals surface area contributed by atoms with E-state index in [1.165, 1.54) is 29.3 Å². The van der Waals surface area contributed by atoms with E-state index < -0.39 is 0 Å². The summed E-state index contributed by atoms with van der Waals surface area (Å²) < 4.78 is 0. The summed E-state index contributed by atoms with van der Waals surface area (Å²) in [4.78, 5) is 40.7. The van der Waals surface area contributed by atoms with Crippen molar-refractivity contribution in [3.05, 3.63) is 65.7 Å². The van der Waals surface area contributed by atoms with Gasteiger partial charge in [0.15, 0.2) is 0 Å². The summed E-state index contributed by atoms with van der Waals surface area (Å²) in [5.74, 6) is 0. The molecule has 6 rings (SSSR count). The molecule has 0 unspecified atom stereocenters. The summed E-state index contributed by atoms with van der Waals surface area (Å²) >= 11 is 5.27. The maximum Gasteiger partial charge on any atom is 0.0455 e. The van der Waals surface area contributed by atoms with E-state index in [1.807, 2.05) is 37.3 Å². The molecule has 3 aromatic heterocycles. The van der Waals surface area contributed by atoms with E-state index in [9.17, 15) is 0 Å². The van der Waals surface area contributed by atoms with Gasteiger partial charge in [-0.3, -0.25) is 30.0 Å². The first kappa shape index (κ1) is 35.3. The summed E-state index contributed by atoms with van der Waals surface area (Å²) in [6, 6.07) is 12.9. The molecule has 8 bridgehead atoms. The standard InChI is InChI=1S/C36H48N8S3/c1-13-37-25-31-7-8-32(45-31)26-40-16-4-22-44-23-5-17-41-29-35-11-9-33(46-35)27-38-14-2-20-43(19-1)21-3-15-39-28-34-10-12-36(47-34)30-42-18-6-24-44/h7-12,25-30H,1-6,13-24H2. The van der Waals surface area contributed by atoms with Crippen LogP contribution in [0.3, 0.4) is 0 Å². The van der Waals surface area contributed by atoms with Crippen LogP contribution >= 0.6 is 34.0 Å². The number of hydrogen-bond donors (Lipinski definition) is 0. The topological polar surface area (TPSA) is 80.6 Å². The van der Waals surface area contributed by atoms with Crippen molar-refractivity contribution in [2.75, 3.05) is 78.5 Å². The second-order valence-electron chi connectivity index (χ2n) is 11.7. The van der Waals surface area contributed by atoms with Crippen molar-refractivity contribution in [3.8, 4) is 0 Å². The Balaban J connectivity index is 1.30. The van der Waals surface area contributed by atoms with Crippen LogP contribution in [0, 0.1) is 0 Å². The highest BCUT2D eigenvalue weighted by Crippen LogP contribution is 2.15. The van der Waals surface area contributed by atoms with Gasteiger partial charge in [0.05, 0.1) is 0 Å². The fourth-order valence-electron chi connectivity index (χ4n) is 5.43. The first-order chi connectivity index (χ1) is 23.3. The lowest BCUT2D eigenvalue weighted by Gasteiger charge is -2.21. The Bertz CT molecular complexity index is 1210. The van der Waals surface area contributed by atoms with Gasteiger partial charge in [-0.05, 0) is 114 Å². The van der Waals surface area contributed by atoms with Crippen molar-refractivity contribution < 1.29 is 0 Å². The molecule has 0 fully saturated rings. The zero-order valence-corrected chi connectivity index (χ0v) is 29.9. The first-order valence-electron chi connectivity index (χ1n) is 17.0. The normalized spacial score (nSPS) is 21.7. The van der Waals surface area contributed by atoms with Crippen molar-refractivity contribution in [1.82, 2.24) is 9.80 Å². The lowest BCUT2D eigenvalue weighted by atomic mass is 10.3. The van der Waals surface area contributed by atoms with E-state index >= 15 is 0 Å². The molecule has 3 aliphatic heterocycles. The van der Waals surface area contributed by atoms with Crippen LogP contribution in [0.15, 0.2) is 66.4 Å². The molecule has 11 heteroatoms. The summed E-state index contributed by atoms with van der Waals surface area (Å²) in [7, 11) is 0. The van der Waals surface area contributed by atoms with E-state index in [2.05, 4.69) is 46.2 Å². The molecule has 6 heterocycles. The summed E-state index contributed by atoms with van der Waals surface area (Å²) in [6.07, 6.45) is 18.4. The molecular formula is C36H48N8S3. The molecule has 0 spiro atoms. The Hall–Kier alpha value is -2.96. The highest BCUT2D eigenvalue weighted by atomic mass is 32.1.